The molecular formula is C39H40Cl2N4O4+2. The molecule has 4 aromatic carbocycles. The van der Waals surface area contributed by atoms with Crippen LogP contribution < -0.4 is 25.0 Å². The molecule has 252 valence electrons. The number of halogens is 2. The Morgan fingerprint density at radius 3 is 1.45 bits per heavy atom. The standard InChI is InChI=1S/C39H40Cl2N4O4/c40-29-3-1-5-31(25-29)44(19-13-42-14-20-44)17-11-35(46)27-7-9-37-33(23-27)39(48)34-24-28(8-10-38(34)49-37)36(47)12-18-45(21-15-43-16-22-45)32-6-2-4-30(41)26-32/h1-10,23-26,42-43H,11-22H2/q+2. The zero-order valence-electron chi connectivity index (χ0n) is 27.4. The van der Waals surface area contributed by atoms with Crippen LogP contribution >= 0.6 is 23.2 Å². The molecule has 0 saturated carbocycles. The van der Waals surface area contributed by atoms with Crippen LogP contribution in [0.25, 0.3) is 21.9 Å². The Morgan fingerprint density at radius 1 is 0.612 bits per heavy atom. The van der Waals surface area contributed by atoms with Crippen molar-refractivity contribution in [3.05, 3.63) is 116 Å². The smallest absolute Gasteiger partial charge is 0.200 e. The molecule has 3 heterocycles. The van der Waals surface area contributed by atoms with Crippen molar-refractivity contribution in [3.63, 3.8) is 0 Å². The summed E-state index contributed by atoms with van der Waals surface area (Å²) in [5.74, 6) is -0.0684. The summed E-state index contributed by atoms with van der Waals surface area (Å²) in [4.78, 5) is 41.1. The average molecular weight is 700 g/mol. The van der Waals surface area contributed by atoms with Crippen molar-refractivity contribution in [2.45, 2.75) is 12.8 Å². The highest BCUT2D eigenvalue weighted by Gasteiger charge is 2.34. The van der Waals surface area contributed by atoms with Crippen molar-refractivity contribution in [3.8, 4) is 0 Å². The molecule has 2 N–H and O–H groups in total. The number of quaternary nitrogens is 2. The van der Waals surface area contributed by atoms with Crippen molar-refractivity contribution in [2.75, 3.05) is 65.4 Å². The van der Waals surface area contributed by atoms with Gasteiger partial charge in [0.05, 0.1) is 62.9 Å². The summed E-state index contributed by atoms with van der Waals surface area (Å²) in [6, 6.07) is 25.9. The van der Waals surface area contributed by atoms with Crippen LogP contribution in [0, 0.1) is 0 Å². The van der Waals surface area contributed by atoms with E-state index in [-0.39, 0.29) is 17.0 Å². The highest BCUT2D eigenvalue weighted by atomic mass is 35.5. The molecular weight excluding hydrogens is 659 g/mol. The van der Waals surface area contributed by atoms with Crippen LogP contribution in [-0.4, -0.2) is 77.0 Å². The quantitative estimate of drug-likeness (QED) is 0.0969. The highest BCUT2D eigenvalue weighted by molar-refractivity contribution is 6.31. The number of hydrogen-bond acceptors (Lipinski definition) is 6. The molecule has 5 aromatic rings. The monoisotopic (exact) mass is 698 g/mol. The molecule has 2 saturated heterocycles. The van der Waals surface area contributed by atoms with E-state index in [0.29, 0.717) is 78.0 Å². The average Bonchev–Trinajstić information content (AvgIpc) is 3.13. The Kier molecular flexibility index (Phi) is 9.70. The second-order valence-corrected chi connectivity index (χ2v) is 14.2. The van der Waals surface area contributed by atoms with E-state index in [1.54, 1.807) is 36.4 Å². The lowest BCUT2D eigenvalue weighted by Gasteiger charge is -2.41. The first-order valence-corrected chi connectivity index (χ1v) is 17.7. The molecule has 0 amide bonds. The number of nitrogens with one attached hydrogen (secondary N) is 2. The first kappa shape index (κ1) is 33.6. The molecule has 0 aliphatic carbocycles. The van der Waals surface area contributed by atoms with Gasteiger partial charge < -0.3 is 15.1 Å². The molecule has 0 radical (unpaired) electrons. The van der Waals surface area contributed by atoms with Gasteiger partial charge in [0, 0.05) is 59.5 Å². The molecule has 0 spiro atoms. The van der Waals surface area contributed by atoms with Gasteiger partial charge in [-0.2, -0.15) is 0 Å². The van der Waals surface area contributed by atoms with Gasteiger partial charge in [-0.15, -0.1) is 0 Å². The molecule has 1 aromatic heterocycles. The van der Waals surface area contributed by atoms with Gasteiger partial charge in [0.25, 0.3) is 0 Å². The fraction of sp³-hybridized carbons (Fsp3) is 0.308. The molecule has 0 atom stereocenters. The third-order valence-corrected chi connectivity index (χ3v) is 10.9. The summed E-state index contributed by atoms with van der Waals surface area (Å²) in [6.45, 7) is 8.13. The third-order valence-electron chi connectivity index (χ3n) is 10.4. The van der Waals surface area contributed by atoms with Crippen LogP contribution in [0.2, 0.25) is 10.0 Å². The van der Waals surface area contributed by atoms with Gasteiger partial charge in [-0.05, 0) is 60.7 Å². The van der Waals surface area contributed by atoms with E-state index in [2.05, 4.69) is 22.8 Å². The number of carbonyl (C=O) groups is 2. The van der Waals surface area contributed by atoms with E-state index < -0.39 is 0 Å². The zero-order valence-corrected chi connectivity index (χ0v) is 28.9. The fourth-order valence-corrected chi connectivity index (χ4v) is 7.90. The zero-order chi connectivity index (χ0) is 34.0. The molecule has 2 fully saturated rings. The van der Waals surface area contributed by atoms with Crippen LogP contribution in [0.4, 0.5) is 11.4 Å². The molecule has 0 unspecified atom stereocenters. The van der Waals surface area contributed by atoms with Crippen LogP contribution in [0.1, 0.15) is 33.6 Å². The summed E-state index contributed by atoms with van der Waals surface area (Å²) < 4.78 is 7.46. The fourth-order valence-electron chi connectivity index (χ4n) is 7.53. The van der Waals surface area contributed by atoms with Crippen LogP contribution in [-0.2, 0) is 0 Å². The number of piperazine rings is 2. The third kappa shape index (κ3) is 6.95. The van der Waals surface area contributed by atoms with Gasteiger partial charge >= 0.3 is 0 Å². The number of rotatable bonds is 10. The number of nitrogens with zero attached hydrogens (tertiary/aromatic N) is 2. The second kappa shape index (κ2) is 14.2. The summed E-state index contributed by atoms with van der Waals surface area (Å²) in [5.41, 5.74) is 3.70. The van der Waals surface area contributed by atoms with E-state index >= 15 is 0 Å². The Morgan fingerprint density at radius 2 is 1.04 bits per heavy atom. The molecule has 8 nitrogen and oxygen atoms in total. The van der Waals surface area contributed by atoms with Gasteiger partial charge in [0.2, 0.25) is 5.43 Å². The minimum absolute atomic E-state index is 0.0342. The van der Waals surface area contributed by atoms with Crippen LogP contribution in [0.15, 0.2) is 94.1 Å². The van der Waals surface area contributed by atoms with Gasteiger partial charge in [0.1, 0.15) is 22.5 Å². The topological polar surface area (TPSA) is 88.4 Å². The molecule has 10 heteroatoms. The lowest BCUT2D eigenvalue weighted by atomic mass is 10.0. The normalized spacial score (nSPS) is 17.3. The van der Waals surface area contributed by atoms with Crippen molar-refractivity contribution in [1.82, 2.24) is 19.6 Å². The number of carbonyl (C=O) groups excluding carboxylic acids is 2. The largest absolute Gasteiger partial charge is 0.456 e. The lowest BCUT2D eigenvalue weighted by molar-refractivity contribution is 0.0954. The van der Waals surface area contributed by atoms with E-state index in [9.17, 15) is 14.4 Å². The Bertz CT molecular complexity index is 1960. The molecule has 7 rings (SSSR count). The lowest BCUT2D eigenvalue weighted by Crippen LogP contribution is -2.60. The molecule has 2 aliphatic heterocycles. The van der Waals surface area contributed by atoms with E-state index in [4.69, 9.17) is 27.6 Å². The summed E-state index contributed by atoms with van der Waals surface area (Å²) >= 11 is 12.7. The van der Waals surface area contributed by atoms with E-state index in [1.165, 1.54) is 0 Å². The molecule has 49 heavy (non-hydrogen) atoms. The minimum Gasteiger partial charge on any atom is -0.456 e. The second-order valence-electron chi connectivity index (χ2n) is 13.3. The minimum atomic E-state index is -0.255. The number of Topliss-reactive ketones (excluding diaryl/α,β-unsaturated/α-hetero) is 2. The number of benzene rings is 4. The van der Waals surface area contributed by atoms with Crippen molar-refractivity contribution in [1.29, 1.82) is 0 Å². The maximum absolute atomic E-state index is 13.9. The van der Waals surface area contributed by atoms with Crippen LogP contribution in [0.5, 0.6) is 0 Å². The van der Waals surface area contributed by atoms with Crippen molar-refractivity contribution < 1.29 is 14.0 Å². The summed E-state index contributed by atoms with van der Waals surface area (Å²) in [7, 11) is 0. The summed E-state index contributed by atoms with van der Waals surface area (Å²) in [5, 5.41) is 8.86. The molecule has 0 bridgehead atoms. The van der Waals surface area contributed by atoms with Crippen molar-refractivity contribution >= 4 is 68.1 Å². The maximum Gasteiger partial charge on any atom is 0.200 e. The van der Waals surface area contributed by atoms with E-state index in [0.717, 1.165) is 63.7 Å². The Balaban J connectivity index is 1.12. The summed E-state index contributed by atoms with van der Waals surface area (Å²) in [6.07, 6.45) is 0.641. The van der Waals surface area contributed by atoms with E-state index in [1.807, 2.05) is 36.4 Å². The number of ketones is 2. The van der Waals surface area contributed by atoms with Gasteiger partial charge in [0.15, 0.2) is 11.6 Å². The maximum atomic E-state index is 13.9. The highest BCUT2D eigenvalue weighted by Crippen LogP contribution is 2.30. The van der Waals surface area contributed by atoms with Crippen LogP contribution in [0.3, 0.4) is 0 Å². The van der Waals surface area contributed by atoms with Gasteiger partial charge in [-0.1, -0.05) is 35.3 Å². The first-order valence-electron chi connectivity index (χ1n) is 17.0. The first-order chi connectivity index (χ1) is 23.8. The molecule has 2 aliphatic rings. The number of fused-ring (bicyclic) bond motifs is 2. The van der Waals surface area contributed by atoms with Crippen molar-refractivity contribution in [2.24, 2.45) is 0 Å². The predicted octanol–water partition coefficient (Wildman–Crippen LogP) is 6.62. The SMILES string of the molecule is O=C(CC[N+]1(c2cccc(Cl)c2)CCNCC1)c1ccc2oc3ccc(C(=O)CC[N+]4(c5cccc(Cl)c5)CCNCC4)cc3c(=O)c2c1. The number of hydrogen-bond donors (Lipinski definition) is 2. The predicted molar refractivity (Wildman–Crippen MR) is 199 cm³/mol. The van der Waals surface area contributed by atoms with Gasteiger partial charge in [-0.25, -0.2) is 0 Å². The Labute approximate surface area is 295 Å². The Hall–Kier alpha value is -3.89. The van der Waals surface area contributed by atoms with Gasteiger partial charge in [-0.3, -0.25) is 23.3 Å².